The molecule has 20 heavy (non-hydrogen) atoms. The van der Waals surface area contributed by atoms with Crippen molar-refractivity contribution in [1.29, 1.82) is 0 Å². The van der Waals surface area contributed by atoms with E-state index in [1.165, 1.54) is 6.42 Å². The number of halogens is 2. The van der Waals surface area contributed by atoms with Crippen LogP contribution in [0.25, 0.3) is 16.7 Å². The molecule has 0 bridgehead atoms. The van der Waals surface area contributed by atoms with Crippen LogP contribution in [0.5, 0.6) is 0 Å². The number of aromatic nitrogens is 1. The number of rotatable bonds is 3. The lowest BCUT2D eigenvalue weighted by atomic mass is 10.1. The Kier molecular flexibility index (Phi) is 4.01. The van der Waals surface area contributed by atoms with Gasteiger partial charge in [-0.25, -0.2) is 4.98 Å². The molecule has 0 unspecified atom stereocenters. The van der Waals surface area contributed by atoms with Crippen LogP contribution in [0.1, 0.15) is 25.7 Å². The first kappa shape index (κ1) is 13.9. The average molecular weight is 311 g/mol. The molecule has 1 aromatic carbocycles. The molecule has 0 amide bonds. The zero-order valence-corrected chi connectivity index (χ0v) is 12.8. The van der Waals surface area contributed by atoms with E-state index in [1.54, 1.807) is 12.1 Å². The summed E-state index contributed by atoms with van der Waals surface area (Å²) in [6.07, 6.45) is 4.33. The van der Waals surface area contributed by atoms with Crippen molar-refractivity contribution in [3.05, 3.63) is 34.1 Å². The van der Waals surface area contributed by atoms with E-state index < -0.39 is 0 Å². The zero-order chi connectivity index (χ0) is 14.1. The van der Waals surface area contributed by atoms with Gasteiger partial charge in [0.15, 0.2) is 5.58 Å². The fourth-order valence-corrected chi connectivity index (χ4v) is 3.04. The predicted molar refractivity (Wildman–Crippen MR) is 83.4 cm³/mol. The second-order valence-electron chi connectivity index (χ2n) is 5.03. The highest BCUT2D eigenvalue weighted by atomic mass is 35.5. The molecule has 2 heterocycles. The smallest absolute Gasteiger partial charge is 0.223 e. The third kappa shape index (κ3) is 2.71. The summed E-state index contributed by atoms with van der Waals surface area (Å²) in [6, 6.07) is 3.46. The van der Waals surface area contributed by atoms with Crippen molar-refractivity contribution >= 4 is 39.9 Å². The largest absolute Gasteiger partial charge is 0.435 e. The molecule has 0 aliphatic carbocycles. The van der Waals surface area contributed by atoms with Crippen molar-refractivity contribution in [2.24, 2.45) is 0 Å². The second kappa shape index (κ2) is 5.76. The third-order valence-corrected chi connectivity index (χ3v) is 4.02. The van der Waals surface area contributed by atoms with E-state index in [0.717, 1.165) is 37.1 Å². The minimum Gasteiger partial charge on any atom is -0.435 e. The molecule has 2 aromatic rings. The number of oxazole rings is 1. The van der Waals surface area contributed by atoms with E-state index in [0.29, 0.717) is 21.5 Å². The van der Waals surface area contributed by atoms with Crippen molar-refractivity contribution in [3.63, 3.8) is 0 Å². The van der Waals surface area contributed by atoms with Crippen molar-refractivity contribution < 1.29 is 4.42 Å². The molecular weight excluding hydrogens is 295 g/mol. The summed E-state index contributed by atoms with van der Waals surface area (Å²) in [4.78, 5) is 6.93. The van der Waals surface area contributed by atoms with Crippen molar-refractivity contribution in [2.75, 3.05) is 19.6 Å². The maximum atomic E-state index is 6.13. The third-order valence-electron chi connectivity index (χ3n) is 3.52. The maximum Gasteiger partial charge on any atom is 0.223 e. The van der Waals surface area contributed by atoms with Gasteiger partial charge in [-0.1, -0.05) is 36.2 Å². The van der Waals surface area contributed by atoms with Crippen LogP contribution in [0.4, 0.5) is 0 Å². The standard InChI is InChI=1S/C15H16Cl2N2O/c1-2-5-19-6-3-10(4-7-19)15-18-13-9-11(16)8-12(17)14(13)20-15/h3,8-9H,2,4-7H2,1H3. The van der Waals surface area contributed by atoms with Gasteiger partial charge in [-0.2, -0.15) is 0 Å². The maximum absolute atomic E-state index is 6.13. The van der Waals surface area contributed by atoms with Crippen LogP contribution in [-0.4, -0.2) is 29.5 Å². The van der Waals surface area contributed by atoms with Gasteiger partial charge in [0.25, 0.3) is 0 Å². The SMILES string of the molecule is CCCN1CC=C(c2nc3cc(Cl)cc(Cl)c3o2)CC1. The molecule has 3 rings (SSSR count). The molecule has 0 saturated heterocycles. The van der Waals surface area contributed by atoms with Gasteiger partial charge in [0, 0.05) is 23.7 Å². The van der Waals surface area contributed by atoms with E-state index in [4.69, 9.17) is 27.6 Å². The van der Waals surface area contributed by atoms with Crippen LogP contribution in [0.2, 0.25) is 10.0 Å². The Labute approximate surface area is 128 Å². The Bertz CT molecular complexity index is 663. The molecule has 3 nitrogen and oxygen atoms in total. The van der Waals surface area contributed by atoms with Crippen LogP contribution < -0.4 is 0 Å². The number of benzene rings is 1. The molecule has 5 heteroatoms. The molecule has 106 valence electrons. The Balaban J connectivity index is 1.90. The summed E-state index contributed by atoms with van der Waals surface area (Å²) in [5.41, 5.74) is 2.48. The lowest BCUT2D eigenvalue weighted by molar-refractivity contribution is 0.301. The Hall–Kier alpha value is -1.03. The topological polar surface area (TPSA) is 29.3 Å². The van der Waals surface area contributed by atoms with Gasteiger partial charge in [0.2, 0.25) is 5.89 Å². The van der Waals surface area contributed by atoms with Crippen LogP contribution in [0.15, 0.2) is 22.6 Å². The number of hydrogen-bond donors (Lipinski definition) is 0. The molecule has 1 aromatic heterocycles. The molecule has 0 spiro atoms. The van der Waals surface area contributed by atoms with Crippen LogP contribution >= 0.6 is 23.2 Å². The number of nitrogens with zero attached hydrogens (tertiary/aromatic N) is 2. The first-order valence-electron chi connectivity index (χ1n) is 6.84. The van der Waals surface area contributed by atoms with Gasteiger partial charge < -0.3 is 4.42 Å². The fraction of sp³-hybridized carbons (Fsp3) is 0.400. The van der Waals surface area contributed by atoms with E-state index in [2.05, 4.69) is 22.9 Å². The molecule has 0 atom stereocenters. The van der Waals surface area contributed by atoms with E-state index in [9.17, 15) is 0 Å². The average Bonchev–Trinajstić information content (AvgIpc) is 2.84. The first-order valence-corrected chi connectivity index (χ1v) is 7.60. The molecular formula is C15H16Cl2N2O. The molecule has 0 radical (unpaired) electrons. The van der Waals surface area contributed by atoms with Crippen LogP contribution in [-0.2, 0) is 0 Å². The summed E-state index contributed by atoms with van der Waals surface area (Å²) in [5.74, 6) is 0.667. The normalized spacial score (nSPS) is 16.6. The fourth-order valence-electron chi connectivity index (χ4n) is 2.52. The molecule has 1 aliphatic heterocycles. The lowest BCUT2D eigenvalue weighted by Gasteiger charge is -2.24. The molecule has 0 N–H and O–H groups in total. The zero-order valence-electron chi connectivity index (χ0n) is 11.3. The van der Waals surface area contributed by atoms with Gasteiger partial charge in [-0.3, -0.25) is 4.90 Å². The second-order valence-corrected chi connectivity index (χ2v) is 5.88. The summed E-state index contributed by atoms with van der Waals surface area (Å²) in [7, 11) is 0. The summed E-state index contributed by atoms with van der Waals surface area (Å²) < 4.78 is 5.80. The first-order chi connectivity index (χ1) is 9.67. The number of fused-ring (bicyclic) bond motifs is 1. The van der Waals surface area contributed by atoms with E-state index in [-0.39, 0.29) is 0 Å². The summed E-state index contributed by atoms with van der Waals surface area (Å²) >= 11 is 12.1. The Morgan fingerprint density at radius 1 is 1.35 bits per heavy atom. The Morgan fingerprint density at radius 3 is 2.90 bits per heavy atom. The van der Waals surface area contributed by atoms with Gasteiger partial charge in [0.05, 0.1) is 5.02 Å². The minimum absolute atomic E-state index is 0.510. The quantitative estimate of drug-likeness (QED) is 0.827. The molecule has 0 fully saturated rings. The summed E-state index contributed by atoms with van der Waals surface area (Å²) in [5, 5.41) is 1.09. The lowest BCUT2D eigenvalue weighted by Crippen LogP contribution is -2.29. The Morgan fingerprint density at radius 2 is 2.20 bits per heavy atom. The van der Waals surface area contributed by atoms with Crippen molar-refractivity contribution in [1.82, 2.24) is 9.88 Å². The monoisotopic (exact) mass is 310 g/mol. The van der Waals surface area contributed by atoms with Crippen LogP contribution in [0, 0.1) is 0 Å². The van der Waals surface area contributed by atoms with Gasteiger partial charge in [-0.05, 0) is 31.5 Å². The van der Waals surface area contributed by atoms with Crippen LogP contribution in [0.3, 0.4) is 0 Å². The van der Waals surface area contributed by atoms with E-state index in [1.807, 2.05) is 0 Å². The molecule has 0 saturated carbocycles. The van der Waals surface area contributed by atoms with Gasteiger partial charge in [0.1, 0.15) is 5.52 Å². The van der Waals surface area contributed by atoms with Gasteiger partial charge >= 0.3 is 0 Å². The van der Waals surface area contributed by atoms with Crippen molar-refractivity contribution in [3.8, 4) is 0 Å². The highest BCUT2D eigenvalue weighted by Crippen LogP contribution is 2.31. The minimum atomic E-state index is 0.510. The highest BCUT2D eigenvalue weighted by Gasteiger charge is 2.18. The molecule has 1 aliphatic rings. The van der Waals surface area contributed by atoms with Gasteiger partial charge in [-0.15, -0.1) is 0 Å². The predicted octanol–water partition coefficient (Wildman–Crippen LogP) is 4.63. The van der Waals surface area contributed by atoms with E-state index >= 15 is 0 Å². The highest BCUT2D eigenvalue weighted by molar-refractivity contribution is 6.38. The van der Waals surface area contributed by atoms with Crippen molar-refractivity contribution in [2.45, 2.75) is 19.8 Å². The summed E-state index contributed by atoms with van der Waals surface area (Å²) in [6.45, 7) is 5.34. The number of hydrogen-bond acceptors (Lipinski definition) is 3.